The van der Waals surface area contributed by atoms with E-state index in [0.29, 0.717) is 49.0 Å². The number of aliphatic hydroxyl groups excluding tert-OH is 1. The number of morpholine rings is 1. The SMILES string of the molecule is COc1cccc([C@@H]2C(C(=O)/C=C/c3ccco3)=C(O)C(=O)N2CCCN2CCOCC2)c1OC. The Labute approximate surface area is 204 Å². The van der Waals surface area contributed by atoms with Crippen LogP contribution in [-0.2, 0) is 14.3 Å². The molecule has 3 heterocycles. The number of ketones is 1. The number of carbonyl (C=O) groups excluding carboxylic acids is 2. The lowest BCUT2D eigenvalue weighted by atomic mass is 9.94. The van der Waals surface area contributed by atoms with Gasteiger partial charge in [0.1, 0.15) is 5.76 Å². The first kappa shape index (κ1) is 24.6. The topological polar surface area (TPSA) is 102 Å². The van der Waals surface area contributed by atoms with Crippen LogP contribution >= 0.6 is 0 Å². The Bertz CT molecular complexity index is 1100. The molecule has 4 rings (SSSR count). The van der Waals surface area contributed by atoms with Crippen LogP contribution < -0.4 is 9.47 Å². The molecule has 35 heavy (non-hydrogen) atoms. The van der Waals surface area contributed by atoms with E-state index in [9.17, 15) is 14.7 Å². The van der Waals surface area contributed by atoms with Crippen molar-refractivity contribution >= 4 is 17.8 Å². The maximum atomic E-state index is 13.3. The zero-order valence-electron chi connectivity index (χ0n) is 19.9. The highest BCUT2D eigenvalue weighted by atomic mass is 16.5. The van der Waals surface area contributed by atoms with Gasteiger partial charge in [0.2, 0.25) is 0 Å². The summed E-state index contributed by atoms with van der Waals surface area (Å²) in [6, 6.07) is 7.87. The molecule has 0 radical (unpaired) electrons. The molecule has 2 aliphatic heterocycles. The summed E-state index contributed by atoms with van der Waals surface area (Å²) in [5, 5.41) is 10.8. The summed E-state index contributed by atoms with van der Waals surface area (Å²) in [7, 11) is 3.02. The molecule has 1 saturated heterocycles. The third kappa shape index (κ3) is 5.26. The molecule has 1 amide bonds. The normalized spacial score (nSPS) is 19.1. The predicted molar refractivity (Wildman–Crippen MR) is 128 cm³/mol. The fraction of sp³-hybridized carbons (Fsp3) is 0.385. The summed E-state index contributed by atoms with van der Waals surface area (Å²) in [4.78, 5) is 30.3. The second kappa shape index (κ2) is 11.2. The highest BCUT2D eigenvalue weighted by Crippen LogP contribution is 2.44. The van der Waals surface area contributed by atoms with Crippen molar-refractivity contribution in [1.29, 1.82) is 0 Å². The van der Waals surface area contributed by atoms with Gasteiger partial charge in [-0.25, -0.2) is 0 Å². The Hall–Kier alpha value is -3.56. The summed E-state index contributed by atoms with van der Waals surface area (Å²) >= 11 is 0. The Balaban J connectivity index is 1.66. The second-order valence-corrected chi connectivity index (χ2v) is 8.27. The Morgan fingerprint density at radius 2 is 1.94 bits per heavy atom. The fourth-order valence-corrected chi connectivity index (χ4v) is 4.51. The molecule has 9 heteroatoms. The van der Waals surface area contributed by atoms with E-state index in [2.05, 4.69) is 4.90 Å². The molecule has 1 N–H and O–H groups in total. The molecule has 0 saturated carbocycles. The van der Waals surface area contributed by atoms with Crippen LogP contribution in [-0.4, -0.2) is 80.2 Å². The van der Waals surface area contributed by atoms with Gasteiger partial charge in [0.25, 0.3) is 5.91 Å². The molecular formula is C26H30N2O7. The van der Waals surface area contributed by atoms with Gasteiger partial charge in [0.15, 0.2) is 23.0 Å². The first-order valence-electron chi connectivity index (χ1n) is 11.6. The number of amides is 1. The highest BCUT2D eigenvalue weighted by Gasteiger charge is 2.44. The number of para-hydroxylation sites is 1. The monoisotopic (exact) mass is 482 g/mol. The summed E-state index contributed by atoms with van der Waals surface area (Å²) in [6.45, 7) is 4.18. The first-order chi connectivity index (χ1) is 17.0. The molecule has 0 bridgehead atoms. The number of ether oxygens (including phenoxy) is 3. The molecule has 9 nitrogen and oxygen atoms in total. The number of rotatable bonds is 10. The molecule has 0 unspecified atom stereocenters. The molecule has 0 spiro atoms. The predicted octanol–water partition coefficient (Wildman–Crippen LogP) is 3.00. The lowest BCUT2D eigenvalue weighted by molar-refractivity contribution is -0.129. The molecule has 1 atom stereocenters. The third-order valence-corrected chi connectivity index (χ3v) is 6.22. The first-order valence-corrected chi connectivity index (χ1v) is 11.6. The van der Waals surface area contributed by atoms with Crippen molar-refractivity contribution < 1.29 is 33.3 Å². The Kier molecular flexibility index (Phi) is 7.89. The lowest BCUT2D eigenvalue weighted by Crippen LogP contribution is -2.39. The van der Waals surface area contributed by atoms with Gasteiger partial charge in [0, 0.05) is 31.7 Å². The van der Waals surface area contributed by atoms with Crippen LogP contribution in [0, 0.1) is 0 Å². The number of nitrogens with zero attached hydrogens (tertiary/aromatic N) is 2. The second-order valence-electron chi connectivity index (χ2n) is 8.27. The maximum absolute atomic E-state index is 13.3. The minimum atomic E-state index is -0.828. The standard InChI is InChI=1S/C26H30N2O7/c1-32-21-8-3-7-19(25(21)33-2)23-22(20(29)10-9-18-6-4-15-35-18)24(30)26(31)28(23)12-5-11-27-13-16-34-17-14-27/h3-4,6-10,15,23,30H,5,11-14,16-17H2,1-2H3/b10-9+/t23-/m1/s1. The van der Waals surface area contributed by atoms with E-state index in [1.807, 2.05) is 0 Å². The van der Waals surface area contributed by atoms with Crippen molar-refractivity contribution in [1.82, 2.24) is 9.80 Å². The molecule has 1 fully saturated rings. The number of allylic oxidation sites excluding steroid dienone is 1. The van der Waals surface area contributed by atoms with Crippen LogP contribution in [0.1, 0.15) is 23.8 Å². The Morgan fingerprint density at radius 3 is 2.63 bits per heavy atom. The van der Waals surface area contributed by atoms with Crippen molar-refractivity contribution in [3.63, 3.8) is 0 Å². The van der Waals surface area contributed by atoms with Crippen LogP contribution in [0.15, 0.2) is 58.4 Å². The zero-order chi connectivity index (χ0) is 24.8. The van der Waals surface area contributed by atoms with E-state index in [4.69, 9.17) is 18.6 Å². The van der Waals surface area contributed by atoms with Gasteiger partial charge in [-0.05, 0) is 36.8 Å². The number of hydrogen-bond donors (Lipinski definition) is 1. The van der Waals surface area contributed by atoms with Crippen molar-refractivity contribution in [2.24, 2.45) is 0 Å². The lowest BCUT2D eigenvalue weighted by Gasteiger charge is -2.30. The van der Waals surface area contributed by atoms with Gasteiger partial charge in [-0.3, -0.25) is 14.5 Å². The van der Waals surface area contributed by atoms with Gasteiger partial charge in [-0.1, -0.05) is 12.1 Å². The van der Waals surface area contributed by atoms with E-state index >= 15 is 0 Å². The number of benzene rings is 1. The number of methoxy groups -OCH3 is 2. The number of hydrogen-bond acceptors (Lipinski definition) is 8. The summed E-state index contributed by atoms with van der Waals surface area (Å²) in [5.74, 6) is -0.272. The van der Waals surface area contributed by atoms with E-state index in [1.54, 1.807) is 30.3 Å². The van der Waals surface area contributed by atoms with Gasteiger partial charge < -0.3 is 28.6 Å². The van der Waals surface area contributed by atoms with E-state index < -0.39 is 23.5 Å². The molecular weight excluding hydrogens is 452 g/mol. The van der Waals surface area contributed by atoms with Gasteiger partial charge in [-0.2, -0.15) is 0 Å². The molecule has 2 aliphatic rings. The van der Waals surface area contributed by atoms with Crippen molar-refractivity contribution in [3.05, 3.63) is 65.3 Å². The summed E-state index contributed by atoms with van der Waals surface area (Å²) in [5.41, 5.74) is 0.557. The summed E-state index contributed by atoms with van der Waals surface area (Å²) in [6.07, 6.45) is 4.98. The van der Waals surface area contributed by atoms with E-state index in [0.717, 1.165) is 19.6 Å². The average Bonchev–Trinajstić information content (AvgIpc) is 3.49. The van der Waals surface area contributed by atoms with Gasteiger partial charge in [-0.15, -0.1) is 0 Å². The minimum Gasteiger partial charge on any atom is -0.503 e. The average molecular weight is 483 g/mol. The van der Waals surface area contributed by atoms with Gasteiger partial charge in [0.05, 0.1) is 45.3 Å². The zero-order valence-corrected chi connectivity index (χ0v) is 19.9. The Morgan fingerprint density at radius 1 is 1.14 bits per heavy atom. The van der Waals surface area contributed by atoms with Crippen LogP contribution in [0.25, 0.3) is 6.08 Å². The van der Waals surface area contributed by atoms with E-state index in [-0.39, 0.29) is 5.57 Å². The van der Waals surface area contributed by atoms with Crippen molar-refractivity contribution in [3.8, 4) is 11.5 Å². The third-order valence-electron chi connectivity index (χ3n) is 6.22. The van der Waals surface area contributed by atoms with Crippen LogP contribution in [0.3, 0.4) is 0 Å². The minimum absolute atomic E-state index is 0.00395. The molecule has 1 aromatic heterocycles. The smallest absolute Gasteiger partial charge is 0.290 e. The molecule has 1 aromatic carbocycles. The quantitative estimate of drug-likeness (QED) is 0.516. The van der Waals surface area contributed by atoms with Crippen LogP contribution in [0.4, 0.5) is 0 Å². The van der Waals surface area contributed by atoms with Crippen molar-refractivity contribution in [2.45, 2.75) is 12.5 Å². The van der Waals surface area contributed by atoms with Crippen LogP contribution in [0.2, 0.25) is 0 Å². The number of carbonyl (C=O) groups is 2. The fourth-order valence-electron chi connectivity index (χ4n) is 4.51. The van der Waals surface area contributed by atoms with E-state index in [1.165, 1.54) is 37.5 Å². The molecule has 2 aromatic rings. The van der Waals surface area contributed by atoms with Gasteiger partial charge >= 0.3 is 0 Å². The maximum Gasteiger partial charge on any atom is 0.290 e. The number of furan rings is 1. The molecule has 0 aliphatic carbocycles. The largest absolute Gasteiger partial charge is 0.503 e. The highest BCUT2D eigenvalue weighted by molar-refractivity contribution is 6.14. The number of aliphatic hydroxyl groups is 1. The molecule has 186 valence electrons. The van der Waals surface area contributed by atoms with Crippen molar-refractivity contribution in [2.75, 3.05) is 53.6 Å². The summed E-state index contributed by atoms with van der Waals surface area (Å²) < 4.78 is 21.7. The van der Waals surface area contributed by atoms with Crippen LogP contribution in [0.5, 0.6) is 11.5 Å².